The summed E-state index contributed by atoms with van der Waals surface area (Å²) in [5, 5.41) is 3.27. The molecule has 0 aliphatic carbocycles. The molecule has 1 aromatic carbocycles. The fourth-order valence-corrected chi connectivity index (χ4v) is 2.52. The number of hydrogen-bond donors (Lipinski definition) is 1. The average molecular weight is 312 g/mol. The van der Waals surface area contributed by atoms with Gasteiger partial charge in [-0.2, -0.15) is 0 Å². The highest BCUT2D eigenvalue weighted by Gasteiger charge is 2.15. The Balaban J connectivity index is 2.29. The highest BCUT2D eigenvalue weighted by atomic mass is 16.2. The van der Waals surface area contributed by atoms with E-state index in [0.29, 0.717) is 24.7 Å². The van der Waals surface area contributed by atoms with Crippen molar-refractivity contribution in [3.8, 4) is 0 Å². The summed E-state index contributed by atoms with van der Waals surface area (Å²) < 4.78 is 0. The van der Waals surface area contributed by atoms with Gasteiger partial charge in [0.05, 0.1) is 0 Å². The number of hydrogen-bond acceptors (Lipinski definition) is 4. The molecule has 0 aliphatic rings. The first kappa shape index (κ1) is 16.9. The lowest BCUT2D eigenvalue weighted by atomic mass is 10.1. The van der Waals surface area contributed by atoms with E-state index >= 15 is 0 Å². The van der Waals surface area contributed by atoms with Crippen LogP contribution in [0.2, 0.25) is 0 Å². The van der Waals surface area contributed by atoms with Gasteiger partial charge in [-0.05, 0) is 44.4 Å². The molecule has 122 valence electrons. The quantitative estimate of drug-likeness (QED) is 0.886. The Kier molecular flexibility index (Phi) is 5.68. The number of carbonyl (C=O) groups is 1. The van der Waals surface area contributed by atoms with Crippen molar-refractivity contribution in [3.05, 3.63) is 47.3 Å². The van der Waals surface area contributed by atoms with Crippen LogP contribution in [0.25, 0.3) is 0 Å². The Bertz CT molecular complexity index is 680. The van der Waals surface area contributed by atoms with Gasteiger partial charge in [-0.15, -0.1) is 0 Å². The summed E-state index contributed by atoms with van der Waals surface area (Å²) >= 11 is 0. The second kappa shape index (κ2) is 7.72. The number of aromatic nitrogens is 2. The van der Waals surface area contributed by atoms with Gasteiger partial charge in [0.2, 0.25) is 5.95 Å². The van der Waals surface area contributed by atoms with Gasteiger partial charge in [-0.1, -0.05) is 25.1 Å². The monoisotopic (exact) mass is 312 g/mol. The molecule has 0 radical (unpaired) electrons. The zero-order valence-electron chi connectivity index (χ0n) is 14.3. The van der Waals surface area contributed by atoms with E-state index in [0.717, 1.165) is 17.7 Å². The molecular formula is C18H24N4O. The zero-order chi connectivity index (χ0) is 16.8. The number of para-hydroxylation sites is 1. The van der Waals surface area contributed by atoms with E-state index in [4.69, 9.17) is 0 Å². The van der Waals surface area contributed by atoms with Crippen molar-refractivity contribution in [1.82, 2.24) is 14.9 Å². The average Bonchev–Trinajstić information content (AvgIpc) is 2.58. The molecule has 0 saturated carbocycles. The third-order valence-electron chi connectivity index (χ3n) is 3.90. The Labute approximate surface area is 137 Å². The van der Waals surface area contributed by atoms with Gasteiger partial charge in [0.15, 0.2) is 0 Å². The van der Waals surface area contributed by atoms with E-state index < -0.39 is 0 Å². The maximum atomic E-state index is 12.4. The van der Waals surface area contributed by atoms with Gasteiger partial charge in [0, 0.05) is 25.0 Å². The van der Waals surface area contributed by atoms with Gasteiger partial charge >= 0.3 is 0 Å². The standard InChI is InChI=1S/C18H24N4O/c1-5-14-10-8-9-13(4)16(14)21-18-19-12-11-15(20-18)17(23)22(6-2)7-3/h8-12H,5-7H2,1-4H3,(H,19,20,21). The van der Waals surface area contributed by atoms with E-state index in [1.165, 1.54) is 5.56 Å². The number of nitrogens with zero attached hydrogens (tertiary/aromatic N) is 3. The Hall–Kier alpha value is -2.43. The first-order valence-corrected chi connectivity index (χ1v) is 8.08. The minimum Gasteiger partial charge on any atom is -0.338 e. The molecule has 5 heteroatoms. The first-order chi connectivity index (χ1) is 11.1. The Morgan fingerprint density at radius 3 is 2.57 bits per heavy atom. The smallest absolute Gasteiger partial charge is 0.272 e. The second-order valence-corrected chi connectivity index (χ2v) is 5.33. The van der Waals surface area contributed by atoms with Gasteiger partial charge in [-0.3, -0.25) is 4.79 Å². The maximum Gasteiger partial charge on any atom is 0.272 e. The summed E-state index contributed by atoms with van der Waals surface area (Å²) in [5.74, 6) is 0.382. The van der Waals surface area contributed by atoms with E-state index in [-0.39, 0.29) is 5.91 Å². The SMILES string of the molecule is CCc1cccc(C)c1Nc1nccc(C(=O)N(CC)CC)n1. The van der Waals surface area contributed by atoms with Crippen LogP contribution in [0.4, 0.5) is 11.6 Å². The summed E-state index contributed by atoms with van der Waals surface area (Å²) in [4.78, 5) is 22.8. The normalized spacial score (nSPS) is 10.4. The molecule has 5 nitrogen and oxygen atoms in total. The van der Waals surface area contributed by atoms with Gasteiger partial charge in [0.25, 0.3) is 5.91 Å². The van der Waals surface area contributed by atoms with Crippen molar-refractivity contribution < 1.29 is 4.79 Å². The largest absolute Gasteiger partial charge is 0.338 e. The van der Waals surface area contributed by atoms with Crippen molar-refractivity contribution in [3.63, 3.8) is 0 Å². The minimum absolute atomic E-state index is 0.0686. The molecule has 23 heavy (non-hydrogen) atoms. The van der Waals surface area contributed by atoms with Crippen molar-refractivity contribution >= 4 is 17.5 Å². The van der Waals surface area contributed by atoms with Crippen LogP contribution in [0, 0.1) is 6.92 Å². The highest BCUT2D eigenvalue weighted by Crippen LogP contribution is 2.23. The number of carbonyl (C=O) groups excluding carboxylic acids is 1. The molecule has 1 amide bonds. The molecule has 1 heterocycles. The Morgan fingerprint density at radius 1 is 1.17 bits per heavy atom. The third-order valence-corrected chi connectivity index (χ3v) is 3.90. The topological polar surface area (TPSA) is 58.1 Å². The van der Waals surface area contributed by atoms with Gasteiger partial charge < -0.3 is 10.2 Å². The fraction of sp³-hybridized carbons (Fsp3) is 0.389. The summed E-state index contributed by atoms with van der Waals surface area (Å²) in [6, 6.07) is 7.83. The van der Waals surface area contributed by atoms with Crippen molar-refractivity contribution in [2.45, 2.75) is 34.1 Å². The lowest BCUT2D eigenvalue weighted by Crippen LogP contribution is -2.31. The number of aryl methyl sites for hydroxylation is 2. The van der Waals surface area contributed by atoms with Gasteiger partial charge in [-0.25, -0.2) is 9.97 Å². The molecule has 1 aromatic heterocycles. The summed E-state index contributed by atoms with van der Waals surface area (Å²) in [7, 11) is 0. The predicted molar refractivity (Wildman–Crippen MR) is 93.1 cm³/mol. The predicted octanol–water partition coefficient (Wildman–Crippen LogP) is 3.57. The molecule has 0 bridgehead atoms. The van der Waals surface area contributed by atoms with Crippen LogP contribution < -0.4 is 5.32 Å². The molecule has 0 fully saturated rings. The number of anilines is 2. The van der Waals surface area contributed by atoms with Crippen LogP contribution in [0.3, 0.4) is 0 Å². The molecule has 0 aliphatic heterocycles. The van der Waals surface area contributed by atoms with E-state index in [1.807, 2.05) is 32.9 Å². The van der Waals surface area contributed by atoms with Crippen LogP contribution >= 0.6 is 0 Å². The van der Waals surface area contributed by atoms with Crippen LogP contribution in [0.5, 0.6) is 0 Å². The lowest BCUT2D eigenvalue weighted by Gasteiger charge is -2.18. The number of benzene rings is 1. The minimum atomic E-state index is -0.0686. The second-order valence-electron chi connectivity index (χ2n) is 5.33. The van der Waals surface area contributed by atoms with Crippen LogP contribution in [-0.4, -0.2) is 33.9 Å². The van der Waals surface area contributed by atoms with Crippen LogP contribution in [-0.2, 0) is 6.42 Å². The molecule has 0 spiro atoms. The maximum absolute atomic E-state index is 12.4. The summed E-state index contributed by atoms with van der Waals surface area (Å²) in [6.07, 6.45) is 2.54. The zero-order valence-corrected chi connectivity index (χ0v) is 14.3. The van der Waals surface area contributed by atoms with Crippen molar-refractivity contribution in [2.24, 2.45) is 0 Å². The molecule has 0 saturated heterocycles. The third kappa shape index (κ3) is 3.86. The van der Waals surface area contributed by atoms with Gasteiger partial charge in [0.1, 0.15) is 5.69 Å². The molecule has 2 aromatic rings. The lowest BCUT2D eigenvalue weighted by molar-refractivity contribution is 0.0767. The van der Waals surface area contributed by atoms with Crippen LogP contribution in [0.1, 0.15) is 42.4 Å². The van der Waals surface area contributed by atoms with E-state index in [9.17, 15) is 4.79 Å². The van der Waals surface area contributed by atoms with E-state index in [1.54, 1.807) is 17.2 Å². The highest BCUT2D eigenvalue weighted by molar-refractivity contribution is 5.92. The number of rotatable bonds is 6. The summed E-state index contributed by atoms with van der Waals surface area (Å²) in [5.41, 5.74) is 3.77. The molecule has 0 unspecified atom stereocenters. The first-order valence-electron chi connectivity index (χ1n) is 8.08. The number of amides is 1. The molecular weight excluding hydrogens is 288 g/mol. The molecule has 2 rings (SSSR count). The fourth-order valence-electron chi connectivity index (χ4n) is 2.52. The van der Waals surface area contributed by atoms with E-state index in [2.05, 4.69) is 28.3 Å². The molecule has 1 N–H and O–H groups in total. The summed E-state index contributed by atoms with van der Waals surface area (Å²) in [6.45, 7) is 9.42. The van der Waals surface area contributed by atoms with Crippen molar-refractivity contribution in [1.29, 1.82) is 0 Å². The van der Waals surface area contributed by atoms with Crippen molar-refractivity contribution in [2.75, 3.05) is 18.4 Å². The van der Waals surface area contributed by atoms with Crippen LogP contribution in [0.15, 0.2) is 30.5 Å². The molecule has 0 atom stereocenters. The number of nitrogens with one attached hydrogen (secondary N) is 1. The Morgan fingerprint density at radius 2 is 1.91 bits per heavy atom.